The number of methoxy groups -OCH3 is 1. The molecule has 2 aromatic carbocycles. The average molecular weight is 455 g/mol. The van der Waals surface area contributed by atoms with Crippen LogP contribution in [0.4, 0.5) is 10.1 Å². The minimum Gasteiger partial charge on any atom is -0.465 e. The highest BCUT2D eigenvalue weighted by molar-refractivity contribution is 7.89. The molecule has 0 unspecified atom stereocenters. The van der Waals surface area contributed by atoms with Crippen LogP contribution in [0.2, 0.25) is 5.02 Å². The fraction of sp³-hybridized carbons (Fsp3) is 0.300. The molecule has 0 aliphatic carbocycles. The molecule has 1 fully saturated rings. The monoisotopic (exact) mass is 454 g/mol. The molecule has 160 valence electrons. The van der Waals surface area contributed by atoms with Gasteiger partial charge in [-0.3, -0.25) is 4.79 Å². The Morgan fingerprint density at radius 3 is 2.47 bits per heavy atom. The summed E-state index contributed by atoms with van der Waals surface area (Å²) in [5, 5.41) is 2.74. The Kier molecular flexibility index (Phi) is 6.74. The smallest absolute Gasteiger partial charge is 0.339 e. The van der Waals surface area contributed by atoms with Gasteiger partial charge in [-0.2, -0.15) is 4.31 Å². The maximum absolute atomic E-state index is 13.1. The van der Waals surface area contributed by atoms with Crippen LogP contribution in [0.3, 0.4) is 0 Å². The predicted octanol–water partition coefficient (Wildman–Crippen LogP) is 3.31. The molecule has 30 heavy (non-hydrogen) atoms. The van der Waals surface area contributed by atoms with E-state index in [2.05, 4.69) is 10.1 Å². The molecular weight excluding hydrogens is 435 g/mol. The van der Waals surface area contributed by atoms with Crippen LogP contribution >= 0.6 is 11.6 Å². The van der Waals surface area contributed by atoms with Crippen molar-refractivity contribution in [1.29, 1.82) is 0 Å². The maximum Gasteiger partial charge on any atom is 0.339 e. The van der Waals surface area contributed by atoms with E-state index in [1.165, 1.54) is 41.7 Å². The fourth-order valence-corrected chi connectivity index (χ4v) is 5.16. The van der Waals surface area contributed by atoms with Crippen LogP contribution in [0.15, 0.2) is 47.4 Å². The Morgan fingerprint density at radius 1 is 1.17 bits per heavy atom. The molecule has 3 rings (SSSR count). The van der Waals surface area contributed by atoms with Gasteiger partial charge >= 0.3 is 5.97 Å². The van der Waals surface area contributed by atoms with Crippen LogP contribution in [0, 0.1) is 11.7 Å². The van der Waals surface area contributed by atoms with E-state index in [0.29, 0.717) is 18.5 Å². The Hall–Kier alpha value is -2.49. The fourth-order valence-electron chi connectivity index (χ4n) is 3.29. The molecular formula is C20H20ClFN2O5S. The van der Waals surface area contributed by atoms with Crippen molar-refractivity contribution in [3.8, 4) is 0 Å². The van der Waals surface area contributed by atoms with Gasteiger partial charge in [-0.05, 0) is 43.2 Å². The summed E-state index contributed by atoms with van der Waals surface area (Å²) >= 11 is 5.94. The Bertz CT molecular complexity index is 1070. The molecule has 10 heteroatoms. The molecule has 1 aliphatic rings. The second-order valence-electron chi connectivity index (χ2n) is 6.78. The third-order valence-corrected chi connectivity index (χ3v) is 7.19. The molecule has 1 amide bonds. The van der Waals surface area contributed by atoms with Crippen LogP contribution in [0.25, 0.3) is 0 Å². The number of amides is 1. The van der Waals surface area contributed by atoms with E-state index in [1.54, 1.807) is 6.07 Å². The van der Waals surface area contributed by atoms with Crippen LogP contribution < -0.4 is 5.32 Å². The van der Waals surface area contributed by atoms with Gasteiger partial charge < -0.3 is 10.1 Å². The first-order chi connectivity index (χ1) is 14.2. The van der Waals surface area contributed by atoms with E-state index in [-0.39, 0.29) is 34.5 Å². The van der Waals surface area contributed by atoms with Crippen molar-refractivity contribution in [1.82, 2.24) is 4.31 Å². The number of esters is 1. The minimum atomic E-state index is -3.93. The van der Waals surface area contributed by atoms with Crippen LogP contribution in [0.5, 0.6) is 0 Å². The standard InChI is InChI=1S/C20H20ClFN2O5S/c1-29-20(26)15-4-2-3-5-18(15)30(27,28)24-10-8-13(9-11-24)19(25)23-17-7-6-14(22)12-16(17)21/h2-7,12-13H,8-11H2,1H3,(H,23,25). The summed E-state index contributed by atoms with van der Waals surface area (Å²) in [5.74, 6) is -1.98. The molecule has 0 aromatic heterocycles. The van der Waals surface area contributed by atoms with Gasteiger partial charge in [0.1, 0.15) is 5.82 Å². The largest absolute Gasteiger partial charge is 0.465 e. The van der Waals surface area contributed by atoms with Crippen molar-refractivity contribution >= 4 is 39.2 Å². The van der Waals surface area contributed by atoms with Crippen molar-refractivity contribution in [2.24, 2.45) is 5.92 Å². The van der Waals surface area contributed by atoms with E-state index >= 15 is 0 Å². The summed E-state index contributed by atoms with van der Waals surface area (Å²) < 4.78 is 45.1. The first-order valence-corrected chi connectivity index (χ1v) is 11.0. The quantitative estimate of drug-likeness (QED) is 0.700. The number of sulfonamides is 1. The summed E-state index contributed by atoms with van der Waals surface area (Å²) in [5.41, 5.74) is 0.260. The lowest BCUT2D eigenvalue weighted by Gasteiger charge is -2.31. The summed E-state index contributed by atoms with van der Waals surface area (Å²) in [6, 6.07) is 9.51. The van der Waals surface area contributed by atoms with Crippen LogP contribution in [-0.4, -0.2) is 44.8 Å². The van der Waals surface area contributed by atoms with Crippen molar-refractivity contribution in [2.45, 2.75) is 17.7 Å². The number of ether oxygens (including phenoxy) is 1. The predicted molar refractivity (Wildman–Crippen MR) is 109 cm³/mol. The summed E-state index contributed by atoms with van der Waals surface area (Å²) in [4.78, 5) is 24.3. The number of hydrogen-bond donors (Lipinski definition) is 1. The van der Waals surface area contributed by atoms with E-state index in [9.17, 15) is 22.4 Å². The molecule has 7 nitrogen and oxygen atoms in total. The summed E-state index contributed by atoms with van der Waals surface area (Å²) in [7, 11) is -2.75. The Morgan fingerprint density at radius 2 is 1.83 bits per heavy atom. The zero-order valence-electron chi connectivity index (χ0n) is 16.1. The van der Waals surface area contributed by atoms with E-state index in [4.69, 9.17) is 11.6 Å². The number of halogens is 2. The molecule has 0 atom stereocenters. The number of nitrogens with one attached hydrogen (secondary N) is 1. The number of rotatable bonds is 5. The van der Waals surface area contributed by atoms with Gasteiger partial charge in [0.15, 0.2) is 0 Å². The van der Waals surface area contributed by atoms with E-state index in [0.717, 1.165) is 6.07 Å². The first kappa shape index (κ1) is 22.2. The number of anilines is 1. The molecule has 1 N–H and O–H groups in total. The number of carbonyl (C=O) groups is 2. The van der Waals surface area contributed by atoms with Crippen molar-refractivity contribution in [3.63, 3.8) is 0 Å². The molecule has 0 bridgehead atoms. The number of carbonyl (C=O) groups excluding carboxylic acids is 2. The highest BCUT2D eigenvalue weighted by Gasteiger charge is 2.34. The highest BCUT2D eigenvalue weighted by Crippen LogP contribution is 2.28. The average Bonchev–Trinajstić information content (AvgIpc) is 2.75. The maximum atomic E-state index is 13.1. The lowest BCUT2D eigenvalue weighted by Crippen LogP contribution is -2.41. The zero-order valence-corrected chi connectivity index (χ0v) is 17.7. The normalized spacial score (nSPS) is 15.6. The van der Waals surface area contributed by atoms with E-state index < -0.39 is 27.7 Å². The van der Waals surface area contributed by atoms with Gasteiger partial charge in [0, 0.05) is 19.0 Å². The molecule has 0 radical (unpaired) electrons. The molecule has 2 aromatic rings. The van der Waals surface area contributed by atoms with Crippen LogP contribution in [0.1, 0.15) is 23.2 Å². The van der Waals surface area contributed by atoms with Gasteiger partial charge in [0.25, 0.3) is 0 Å². The van der Waals surface area contributed by atoms with Gasteiger partial charge in [0.2, 0.25) is 15.9 Å². The topological polar surface area (TPSA) is 92.8 Å². The summed E-state index contributed by atoms with van der Waals surface area (Å²) in [6.07, 6.45) is 0.592. The van der Waals surface area contributed by atoms with Crippen molar-refractivity contribution in [3.05, 3.63) is 58.9 Å². The molecule has 1 heterocycles. The van der Waals surface area contributed by atoms with Gasteiger partial charge in [0.05, 0.1) is 28.3 Å². The molecule has 1 aliphatic heterocycles. The second-order valence-corrected chi connectivity index (χ2v) is 9.09. The van der Waals surface area contributed by atoms with Gasteiger partial charge in [-0.25, -0.2) is 17.6 Å². The number of hydrogen-bond acceptors (Lipinski definition) is 5. The van der Waals surface area contributed by atoms with E-state index in [1.807, 2.05) is 0 Å². The molecule has 1 saturated heterocycles. The second kappa shape index (κ2) is 9.11. The SMILES string of the molecule is COC(=O)c1ccccc1S(=O)(=O)N1CCC(C(=O)Nc2ccc(F)cc2Cl)CC1. The Labute approximate surface area is 178 Å². The molecule has 0 saturated carbocycles. The lowest BCUT2D eigenvalue weighted by molar-refractivity contribution is -0.120. The van der Waals surface area contributed by atoms with Gasteiger partial charge in [-0.1, -0.05) is 23.7 Å². The van der Waals surface area contributed by atoms with Gasteiger partial charge in [-0.15, -0.1) is 0 Å². The third kappa shape index (κ3) is 4.63. The van der Waals surface area contributed by atoms with Crippen LogP contribution in [-0.2, 0) is 19.6 Å². The number of benzene rings is 2. The zero-order chi connectivity index (χ0) is 21.9. The Balaban J connectivity index is 1.69. The van der Waals surface area contributed by atoms with Crippen molar-refractivity contribution in [2.75, 3.05) is 25.5 Å². The molecule has 0 spiro atoms. The summed E-state index contributed by atoms with van der Waals surface area (Å²) in [6.45, 7) is 0.236. The minimum absolute atomic E-state index is 0.0363. The number of nitrogens with zero attached hydrogens (tertiary/aromatic N) is 1. The lowest BCUT2D eigenvalue weighted by atomic mass is 9.97. The number of piperidine rings is 1. The first-order valence-electron chi connectivity index (χ1n) is 9.17. The van der Waals surface area contributed by atoms with Crippen molar-refractivity contribution < 1.29 is 27.1 Å². The third-order valence-electron chi connectivity index (χ3n) is 4.92. The highest BCUT2D eigenvalue weighted by atomic mass is 35.5.